The first-order valence-electron chi connectivity index (χ1n) is 6.31. The Labute approximate surface area is 125 Å². The number of nitrogens with one attached hydrogen (secondary N) is 1. The van der Waals surface area contributed by atoms with Gasteiger partial charge in [0.25, 0.3) is 5.56 Å². The Bertz CT molecular complexity index is 800. The summed E-state index contributed by atoms with van der Waals surface area (Å²) in [6.07, 6.45) is 3.65. The second-order valence-corrected chi connectivity index (χ2v) is 5.17. The highest BCUT2D eigenvalue weighted by atomic mass is 32.2. The summed E-state index contributed by atoms with van der Waals surface area (Å²) in [6.45, 7) is 0. The van der Waals surface area contributed by atoms with Crippen LogP contribution in [0.15, 0.2) is 58.4 Å². The fraction of sp³-hybridized carbons (Fsp3) is 0.0667. The van der Waals surface area contributed by atoms with Crippen molar-refractivity contribution in [1.29, 1.82) is 0 Å². The highest BCUT2D eigenvalue weighted by Crippen LogP contribution is 2.19. The SMILES string of the molecule is CSc1ccc(-c2nnc(-c3ccccn3)[nH]c2=O)cc1. The molecule has 0 unspecified atom stereocenters. The van der Waals surface area contributed by atoms with Gasteiger partial charge in [-0.25, -0.2) is 0 Å². The number of hydrogen-bond donors (Lipinski definition) is 1. The van der Waals surface area contributed by atoms with E-state index in [4.69, 9.17) is 0 Å². The fourth-order valence-corrected chi connectivity index (χ4v) is 2.30. The lowest BCUT2D eigenvalue weighted by Gasteiger charge is -2.02. The van der Waals surface area contributed by atoms with Gasteiger partial charge in [0.05, 0.1) is 0 Å². The monoisotopic (exact) mass is 296 g/mol. The van der Waals surface area contributed by atoms with Crippen molar-refractivity contribution in [1.82, 2.24) is 20.2 Å². The molecule has 0 saturated heterocycles. The molecule has 5 nitrogen and oxygen atoms in total. The van der Waals surface area contributed by atoms with Crippen LogP contribution in [0.4, 0.5) is 0 Å². The summed E-state index contributed by atoms with van der Waals surface area (Å²) in [5.41, 5.74) is 1.37. The predicted octanol–water partition coefficient (Wildman–Crippen LogP) is 2.62. The van der Waals surface area contributed by atoms with Gasteiger partial charge in [-0.05, 0) is 30.5 Å². The van der Waals surface area contributed by atoms with Crippen LogP contribution < -0.4 is 5.56 Å². The highest BCUT2D eigenvalue weighted by Gasteiger charge is 2.09. The summed E-state index contributed by atoms with van der Waals surface area (Å²) in [6, 6.07) is 13.0. The molecule has 0 aliphatic carbocycles. The quantitative estimate of drug-likeness (QED) is 0.752. The standard InChI is InChI=1S/C15H12N4OS/c1-21-11-7-5-10(6-8-11)13-15(20)17-14(19-18-13)12-4-2-3-9-16-12/h2-9H,1H3,(H,17,19,20). The van der Waals surface area contributed by atoms with Crippen LogP contribution in [-0.4, -0.2) is 26.4 Å². The molecule has 1 aromatic carbocycles. The van der Waals surface area contributed by atoms with Crippen LogP contribution in [0, 0.1) is 0 Å². The second-order valence-electron chi connectivity index (χ2n) is 4.29. The van der Waals surface area contributed by atoms with Gasteiger partial charge in [-0.15, -0.1) is 22.0 Å². The lowest BCUT2D eigenvalue weighted by molar-refractivity contribution is 0.954. The first kappa shape index (κ1) is 13.5. The molecule has 0 bridgehead atoms. The van der Waals surface area contributed by atoms with E-state index in [-0.39, 0.29) is 5.56 Å². The number of pyridine rings is 1. The number of rotatable bonds is 3. The van der Waals surface area contributed by atoms with Gasteiger partial charge in [-0.2, -0.15) is 0 Å². The molecule has 3 rings (SSSR count). The number of nitrogens with zero attached hydrogens (tertiary/aromatic N) is 3. The maximum absolute atomic E-state index is 12.2. The summed E-state index contributed by atoms with van der Waals surface area (Å²) in [4.78, 5) is 20.2. The summed E-state index contributed by atoms with van der Waals surface area (Å²) < 4.78 is 0. The number of thioether (sulfide) groups is 1. The van der Waals surface area contributed by atoms with E-state index in [1.807, 2.05) is 36.6 Å². The average Bonchev–Trinajstić information content (AvgIpc) is 2.56. The van der Waals surface area contributed by atoms with E-state index in [0.29, 0.717) is 17.2 Å². The predicted molar refractivity (Wildman–Crippen MR) is 83.1 cm³/mol. The van der Waals surface area contributed by atoms with E-state index in [9.17, 15) is 4.79 Å². The molecular formula is C15H12N4OS. The van der Waals surface area contributed by atoms with Crippen LogP contribution in [0.2, 0.25) is 0 Å². The van der Waals surface area contributed by atoms with Crippen molar-refractivity contribution >= 4 is 11.8 Å². The van der Waals surface area contributed by atoms with Crippen molar-refractivity contribution in [3.63, 3.8) is 0 Å². The molecule has 0 aliphatic rings. The van der Waals surface area contributed by atoms with E-state index < -0.39 is 0 Å². The average molecular weight is 296 g/mol. The first-order valence-corrected chi connectivity index (χ1v) is 7.53. The van der Waals surface area contributed by atoms with Crippen LogP contribution in [0.1, 0.15) is 0 Å². The number of hydrogen-bond acceptors (Lipinski definition) is 5. The van der Waals surface area contributed by atoms with E-state index in [0.717, 1.165) is 10.5 Å². The Morgan fingerprint density at radius 1 is 1.05 bits per heavy atom. The summed E-state index contributed by atoms with van der Waals surface area (Å²) in [5, 5.41) is 8.10. The minimum Gasteiger partial charge on any atom is -0.302 e. The molecule has 0 saturated carbocycles. The normalized spacial score (nSPS) is 10.5. The van der Waals surface area contributed by atoms with Gasteiger partial charge in [0.2, 0.25) is 0 Å². The lowest BCUT2D eigenvalue weighted by Crippen LogP contribution is -2.14. The molecule has 6 heteroatoms. The van der Waals surface area contributed by atoms with E-state index in [1.165, 1.54) is 0 Å². The maximum Gasteiger partial charge on any atom is 0.278 e. The van der Waals surface area contributed by atoms with E-state index >= 15 is 0 Å². The zero-order chi connectivity index (χ0) is 14.7. The molecule has 0 aliphatic heterocycles. The zero-order valence-corrected chi connectivity index (χ0v) is 12.1. The molecule has 0 atom stereocenters. The Hall–Kier alpha value is -2.47. The number of aromatic nitrogens is 4. The molecule has 0 spiro atoms. The van der Waals surface area contributed by atoms with Crippen molar-refractivity contribution < 1.29 is 0 Å². The van der Waals surface area contributed by atoms with Crippen molar-refractivity contribution in [2.45, 2.75) is 4.90 Å². The topological polar surface area (TPSA) is 71.5 Å². The van der Waals surface area contributed by atoms with Gasteiger partial charge in [0, 0.05) is 16.7 Å². The van der Waals surface area contributed by atoms with Crippen LogP contribution in [-0.2, 0) is 0 Å². The minimum absolute atomic E-state index is 0.275. The van der Waals surface area contributed by atoms with E-state index in [2.05, 4.69) is 20.2 Å². The first-order chi connectivity index (χ1) is 10.3. The Kier molecular flexibility index (Phi) is 3.79. The van der Waals surface area contributed by atoms with Gasteiger partial charge in [0.15, 0.2) is 11.5 Å². The fourth-order valence-electron chi connectivity index (χ4n) is 1.89. The summed E-state index contributed by atoms with van der Waals surface area (Å²) >= 11 is 1.65. The largest absolute Gasteiger partial charge is 0.302 e. The molecular weight excluding hydrogens is 284 g/mol. The van der Waals surface area contributed by atoms with Crippen molar-refractivity contribution in [2.24, 2.45) is 0 Å². The summed E-state index contributed by atoms with van der Waals surface area (Å²) in [7, 11) is 0. The summed E-state index contributed by atoms with van der Waals surface area (Å²) in [5.74, 6) is 0.366. The Balaban J connectivity index is 2.00. The van der Waals surface area contributed by atoms with E-state index in [1.54, 1.807) is 30.1 Å². The molecule has 3 aromatic rings. The molecule has 21 heavy (non-hydrogen) atoms. The molecule has 2 aromatic heterocycles. The van der Waals surface area contributed by atoms with Crippen molar-refractivity contribution in [3.05, 3.63) is 59.0 Å². The molecule has 1 N–H and O–H groups in total. The van der Waals surface area contributed by atoms with Crippen LogP contribution >= 0.6 is 11.8 Å². The number of H-pyrrole nitrogens is 1. The third kappa shape index (κ3) is 2.85. The van der Waals surface area contributed by atoms with Gasteiger partial charge in [-0.1, -0.05) is 18.2 Å². The lowest BCUT2D eigenvalue weighted by atomic mass is 10.2. The second kappa shape index (κ2) is 5.88. The molecule has 0 fully saturated rings. The highest BCUT2D eigenvalue weighted by molar-refractivity contribution is 7.98. The van der Waals surface area contributed by atoms with Gasteiger partial charge in [-0.3, -0.25) is 9.78 Å². The van der Waals surface area contributed by atoms with Gasteiger partial charge >= 0.3 is 0 Å². The number of benzene rings is 1. The Morgan fingerprint density at radius 3 is 2.48 bits per heavy atom. The van der Waals surface area contributed by atoms with Crippen molar-refractivity contribution in [2.75, 3.05) is 6.26 Å². The molecule has 104 valence electrons. The van der Waals surface area contributed by atoms with Crippen LogP contribution in [0.25, 0.3) is 22.8 Å². The van der Waals surface area contributed by atoms with Crippen molar-refractivity contribution in [3.8, 4) is 22.8 Å². The van der Waals surface area contributed by atoms with Crippen LogP contribution in [0.5, 0.6) is 0 Å². The minimum atomic E-state index is -0.275. The molecule has 0 radical (unpaired) electrons. The van der Waals surface area contributed by atoms with Gasteiger partial charge in [0.1, 0.15) is 5.69 Å². The zero-order valence-electron chi connectivity index (χ0n) is 11.3. The van der Waals surface area contributed by atoms with Crippen LogP contribution in [0.3, 0.4) is 0 Å². The smallest absolute Gasteiger partial charge is 0.278 e. The number of aromatic amines is 1. The maximum atomic E-state index is 12.2. The van der Waals surface area contributed by atoms with Gasteiger partial charge < -0.3 is 4.98 Å². The Morgan fingerprint density at radius 2 is 1.86 bits per heavy atom. The molecule has 2 heterocycles. The molecule has 0 amide bonds. The third-order valence-electron chi connectivity index (χ3n) is 2.97. The third-order valence-corrected chi connectivity index (χ3v) is 3.71.